The average Bonchev–Trinajstić information content (AvgIpc) is 2.85. The Morgan fingerprint density at radius 1 is 1.43 bits per heavy atom. The second kappa shape index (κ2) is 7.56. The van der Waals surface area contributed by atoms with Crippen LogP contribution in [0.25, 0.3) is 0 Å². The maximum absolute atomic E-state index is 12.4. The standard InChI is InChI=1S/C15H20BrN3O2/c1-2-17-7-8-18-14(20)13-6-9-19(15(13)21)12-5-3-4-11(16)10-12/h3-5,10,13,17H,2,6-9H2,1H3,(H,18,20). The molecule has 1 heterocycles. The van der Waals surface area contributed by atoms with E-state index in [1.165, 1.54) is 0 Å². The summed E-state index contributed by atoms with van der Waals surface area (Å²) in [6, 6.07) is 7.57. The zero-order valence-electron chi connectivity index (χ0n) is 12.1. The van der Waals surface area contributed by atoms with Crippen molar-refractivity contribution in [1.82, 2.24) is 10.6 Å². The number of rotatable bonds is 6. The Balaban J connectivity index is 1.93. The zero-order chi connectivity index (χ0) is 15.2. The molecule has 0 aliphatic carbocycles. The molecule has 1 aromatic rings. The number of carbonyl (C=O) groups excluding carboxylic acids is 2. The number of likely N-dealkylation sites (N-methyl/N-ethyl adjacent to an activating group) is 1. The Morgan fingerprint density at radius 3 is 2.95 bits per heavy atom. The van der Waals surface area contributed by atoms with Crippen LogP contribution in [-0.2, 0) is 9.59 Å². The van der Waals surface area contributed by atoms with Crippen LogP contribution in [0.2, 0.25) is 0 Å². The number of benzene rings is 1. The summed E-state index contributed by atoms with van der Waals surface area (Å²) in [5, 5.41) is 5.95. The smallest absolute Gasteiger partial charge is 0.239 e. The number of hydrogen-bond donors (Lipinski definition) is 2. The quantitative estimate of drug-likeness (QED) is 0.602. The molecule has 0 radical (unpaired) electrons. The molecular formula is C15H20BrN3O2. The molecule has 21 heavy (non-hydrogen) atoms. The van der Waals surface area contributed by atoms with E-state index < -0.39 is 5.92 Å². The van der Waals surface area contributed by atoms with Gasteiger partial charge in [0.15, 0.2) is 0 Å². The molecule has 1 fully saturated rings. The zero-order valence-corrected chi connectivity index (χ0v) is 13.6. The molecule has 6 heteroatoms. The van der Waals surface area contributed by atoms with Gasteiger partial charge in [0, 0.05) is 29.8 Å². The molecule has 1 aliphatic heterocycles. The number of carbonyl (C=O) groups is 2. The third-order valence-corrected chi connectivity index (χ3v) is 3.99. The maximum atomic E-state index is 12.4. The molecule has 1 aliphatic rings. The molecule has 0 spiro atoms. The summed E-state index contributed by atoms with van der Waals surface area (Å²) in [6.45, 7) is 4.74. The molecule has 1 saturated heterocycles. The van der Waals surface area contributed by atoms with Gasteiger partial charge in [0.2, 0.25) is 11.8 Å². The monoisotopic (exact) mass is 353 g/mol. The summed E-state index contributed by atoms with van der Waals surface area (Å²) in [5.41, 5.74) is 0.831. The van der Waals surface area contributed by atoms with Crippen LogP contribution >= 0.6 is 15.9 Å². The SMILES string of the molecule is CCNCCNC(=O)C1CCN(c2cccc(Br)c2)C1=O. The average molecular weight is 354 g/mol. The van der Waals surface area contributed by atoms with Crippen LogP contribution in [0.5, 0.6) is 0 Å². The van der Waals surface area contributed by atoms with Crippen LogP contribution < -0.4 is 15.5 Å². The largest absolute Gasteiger partial charge is 0.354 e. The predicted octanol–water partition coefficient (Wildman–Crippen LogP) is 1.53. The van der Waals surface area contributed by atoms with Gasteiger partial charge in [-0.1, -0.05) is 28.9 Å². The van der Waals surface area contributed by atoms with Crippen LogP contribution in [0.3, 0.4) is 0 Å². The molecule has 2 amide bonds. The van der Waals surface area contributed by atoms with E-state index in [1.54, 1.807) is 4.90 Å². The van der Waals surface area contributed by atoms with Crippen molar-refractivity contribution in [3.63, 3.8) is 0 Å². The van der Waals surface area contributed by atoms with Crippen molar-refractivity contribution in [2.24, 2.45) is 5.92 Å². The molecule has 0 saturated carbocycles. The Kier molecular flexibility index (Phi) is 5.76. The highest BCUT2D eigenvalue weighted by Gasteiger charge is 2.37. The number of amides is 2. The third kappa shape index (κ3) is 4.04. The molecule has 1 aromatic carbocycles. The van der Waals surface area contributed by atoms with E-state index >= 15 is 0 Å². The van der Waals surface area contributed by atoms with Crippen LogP contribution in [-0.4, -0.2) is 38.0 Å². The summed E-state index contributed by atoms with van der Waals surface area (Å²) in [5.74, 6) is -0.852. The van der Waals surface area contributed by atoms with Gasteiger partial charge in [-0.3, -0.25) is 9.59 Å². The topological polar surface area (TPSA) is 61.4 Å². The molecule has 2 N–H and O–H groups in total. The first-order valence-corrected chi connectivity index (χ1v) is 7.98. The van der Waals surface area contributed by atoms with Gasteiger partial charge in [0.05, 0.1) is 0 Å². The summed E-state index contributed by atoms with van der Waals surface area (Å²) < 4.78 is 0.923. The van der Waals surface area contributed by atoms with Gasteiger partial charge in [0.25, 0.3) is 0 Å². The van der Waals surface area contributed by atoms with Gasteiger partial charge in [0.1, 0.15) is 5.92 Å². The fourth-order valence-corrected chi connectivity index (χ4v) is 2.78. The van der Waals surface area contributed by atoms with Crippen molar-refractivity contribution in [3.8, 4) is 0 Å². The second-order valence-electron chi connectivity index (χ2n) is 4.96. The van der Waals surface area contributed by atoms with Gasteiger partial charge in [-0.15, -0.1) is 0 Å². The fourth-order valence-electron chi connectivity index (χ4n) is 2.40. The van der Waals surface area contributed by atoms with Crippen molar-refractivity contribution < 1.29 is 9.59 Å². The molecule has 1 atom stereocenters. The Labute approximate surface area is 133 Å². The van der Waals surface area contributed by atoms with Crippen LogP contribution in [0.15, 0.2) is 28.7 Å². The lowest BCUT2D eigenvalue weighted by atomic mass is 10.1. The number of hydrogen-bond acceptors (Lipinski definition) is 3. The number of nitrogens with zero attached hydrogens (tertiary/aromatic N) is 1. The highest BCUT2D eigenvalue weighted by atomic mass is 79.9. The van der Waals surface area contributed by atoms with Gasteiger partial charge < -0.3 is 15.5 Å². The molecule has 1 unspecified atom stereocenters. The normalized spacial score (nSPS) is 18.1. The van der Waals surface area contributed by atoms with Crippen molar-refractivity contribution in [3.05, 3.63) is 28.7 Å². The minimum absolute atomic E-state index is 0.117. The number of nitrogens with one attached hydrogen (secondary N) is 2. The fraction of sp³-hybridized carbons (Fsp3) is 0.467. The summed E-state index contributed by atoms with van der Waals surface area (Å²) in [7, 11) is 0. The van der Waals surface area contributed by atoms with Gasteiger partial charge in [-0.25, -0.2) is 0 Å². The third-order valence-electron chi connectivity index (χ3n) is 3.49. The van der Waals surface area contributed by atoms with E-state index in [2.05, 4.69) is 26.6 Å². The van der Waals surface area contributed by atoms with E-state index in [4.69, 9.17) is 0 Å². The van der Waals surface area contributed by atoms with Crippen molar-refractivity contribution in [1.29, 1.82) is 0 Å². The Hall–Kier alpha value is -1.40. The van der Waals surface area contributed by atoms with Crippen molar-refractivity contribution >= 4 is 33.4 Å². The first kappa shape index (κ1) is 16.0. The van der Waals surface area contributed by atoms with Crippen molar-refractivity contribution in [2.75, 3.05) is 31.1 Å². The van der Waals surface area contributed by atoms with E-state index in [0.29, 0.717) is 19.5 Å². The minimum atomic E-state index is -0.564. The van der Waals surface area contributed by atoms with Crippen LogP contribution in [0.4, 0.5) is 5.69 Å². The lowest BCUT2D eigenvalue weighted by molar-refractivity contribution is -0.132. The number of anilines is 1. The molecule has 114 valence electrons. The van der Waals surface area contributed by atoms with E-state index in [0.717, 1.165) is 23.2 Å². The lowest BCUT2D eigenvalue weighted by Crippen LogP contribution is -2.39. The highest BCUT2D eigenvalue weighted by Crippen LogP contribution is 2.27. The predicted molar refractivity (Wildman–Crippen MR) is 86.2 cm³/mol. The first-order valence-electron chi connectivity index (χ1n) is 7.19. The van der Waals surface area contributed by atoms with Crippen LogP contribution in [0, 0.1) is 5.92 Å². The maximum Gasteiger partial charge on any atom is 0.239 e. The molecule has 0 aromatic heterocycles. The molecule has 5 nitrogen and oxygen atoms in total. The summed E-state index contributed by atoms with van der Waals surface area (Å²) in [4.78, 5) is 26.1. The lowest BCUT2D eigenvalue weighted by Gasteiger charge is -2.17. The van der Waals surface area contributed by atoms with E-state index in [9.17, 15) is 9.59 Å². The Morgan fingerprint density at radius 2 is 2.24 bits per heavy atom. The van der Waals surface area contributed by atoms with Crippen LogP contribution in [0.1, 0.15) is 13.3 Å². The molecule has 0 bridgehead atoms. The van der Waals surface area contributed by atoms with Gasteiger partial charge in [-0.05, 0) is 31.2 Å². The van der Waals surface area contributed by atoms with Gasteiger partial charge in [-0.2, -0.15) is 0 Å². The van der Waals surface area contributed by atoms with E-state index in [-0.39, 0.29) is 11.8 Å². The molecule has 2 rings (SSSR count). The highest BCUT2D eigenvalue weighted by molar-refractivity contribution is 9.10. The van der Waals surface area contributed by atoms with E-state index in [1.807, 2.05) is 31.2 Å². The second-order valence-corrected chi connectivity index (χ2v) is 5.87. The van der Waals surface area contributed by atoms with Gasteiger partial charge >= 0.3 is 0 Å². The first-order chi connectivity index (χ1) is 10.1. The summed E-state index contributed by atoms with van der Waals surface area (Å²) in [6.07, 6.45) is 0.568. The molecular weight excluding hydrogens is 334 g/mol. The number of halogens is 1. The minimum Gasteiger partial charge on any atom is -0.354 e. The van der Waals surface area contributed by atoms with Crippen molar-refractivity contribution in [2.45, 2.75) is 13.3 Å². The summed E-state index contributed by atoms with van der Waals surface area (Å²) >= 11 is 3.40. The Bertz CT molecular complexity index is 521.